The van der Waals surface area contributed by atoms with Crippen LogP contribution in [0.5, 0.6) is 0 Å². The van der Waals surface area contributed by atoms with Crippen LogP contribution in [0.25, 0.3) is 56.1 Å². The van der Waals surface area contributed by atoms with Crippen LogP contribution in [0.3, 0.4) is 0 Å². The van der Waals surface area contributed by atoms with E-state index in [-0.39, 0.29) is 24.3 Å². The number of pyridine rings is 2. The Hall–Kier alpha value is -8.11. The molecule has 1 saturated carbocycles. The first-order chi connectivity index (χ1) is 39.4. The molecule has 10 aromatic rings. The van der Waals surface area contributed by atoms with Crippen LogP contribution in [0.1, 0.15) is 93.2 Å². The van der Waals surface area contributed by atoms with Crippen LogP contribution in [-0.4, -0.2) is 81.9 Å². The quantitative estimate of drug-likeness (QED) is 0.109. The molecule has 2 aliphatic rings. The van der Waals surface area contributed by atoms with E-state index < -0.39 is 0 Å². The van der Waals surface area contributed by atoms with Gasteiger partial charge in [-0.3, -0.25) is 8.80 Å². The second-order valence-corrected chi connectivity index (χ2v) is 22.2. The number of aryl methyl sites for hydroxylation is 2. The molecular formula is C61H63ClF2N16S2. The number of aromatic nitrogens is 10. The van der Waals surface area contributed by atoms with E-state index in [0.717, 1.165) is 88.3 Å². The summed E-state index contributed by atoms with van der Waals surface area (Å²) in [5.74, 6) is 2.59. The number of halogens is 3. The molecule has 1 aliphatic carbocycles. The third kappa shape index (κ3) is 13.1. The second-order valence-electron chi connectivity index (χ2n) is 19.9. The van der Waals surface area contributed by atoms with Gasteiger partial charge in [0.15, 0.2) is 10.3 Å². The number of imidazole rings is 2. The maximum Gasteiger partial charge on any atom is 0.222 e. The fourth-order valence-corrected chi connectivity index (χ4v) is 11.9. The lowest BCUT2D eigenvalue weighted by Gasteiger charge is -2.21. The van der Waals surface area contributed by atoms with E-state index in [4.69, 9.17) is 37.3 Å². The molecule has 2 fully saturated rings. The van der Waals surface area contributed by atoms with Crippen molar-refractivity contribution < 1.29 is 8.78 Å². The number of rotatable bonds is 12. The first kappa shape index (κ1) is 58.5. The predicted octanol–water partition coefficient (Wildman–Crippen LogP) is 13.6. The molecule has 12 rings (SSSR count). The van der Waals surface area contributed by atoms with Crippen molar-refractivity contribution in [1.82, 2.24) is 54.0 Å². The first-order valence-corrected chi connectivity index (χ1v) is 29.0. The van der Waals surface area contributed by atoms with Crippen molar-refractivity contribution >= 4 is 67.5 Å². The molecule has 0 atom stereocenters. The first-order valence-electron chi connectivity index (χ1n) is 27.0. The number of nitrogens with one attached hydrogen (secondary N) is 1. The molecule has 0 unspecified atom stereocenters. The largest absolute Gasteiger partial charge is 0.328 e. The Kier molecular flexibility index (Phi) is 19.0. The number of thiazole rings is 2. The molecule has 21 heteroatoms. The minimum Gasteiger partial charge on any atom is -0.328 e. The summed E-state index contributed by atoms with van der Waals surface area (Å²) in [4.78, 5) is 41.5. The number of piperidine rings is 1. The van der Waals surface area contributed by atoms with Crippen LogP contribution in [0.4, 0.5) is 30.7 Å². The Labute approximate surface area is 489 Å². The summed E-state index contributed by atoms with van der Waals surface area (Å²) >= 11 is 8.42. The predicted molar refractivity (Wildman–Crippen MR) is 324 cm³/mol. The lowest BCUT2D eigenvalue weighted by molar-refractivity contribution is 0.367. The summed E-state index contributed by atoms with van der Waals surface area (Å²) in [7, 11) is 3.83. The van der Waals surface area contributed by atoms with Crippen LogP contribution in [0.15, 0.2) is 110 Å². The number of hydrogen-bond acceptors (Lipinski definition) is 16. The maximum atomic E-state index is 13.5. The second kappa shape index (κ2) is 26.7. The van der Waals surface area contributed by atoms with Crippen molar-refractivity contribution in [3.8, 4) is 56.9 Å². The van der Waals surface area contributed by atoms with E-state index in [1.54, 1.807) is 36.7 Å². The number of anilines is 4. The Balaban J connectivity index is 0.000000176. The van der Waals surface area contributed by atoms with Crippen LogP contribution in [-0.2, 0) is 19.3 Å². The summed E-state index contributed by atoms with van der Waals surface area (Å²) in [5.41, 5.74) is 15.2. The van der Waals surface area contributed by atoms with Crippen molar-refractivity contribution in [3.63, 3.8) is 0 Å². The molecule has 0 radical (unpaired) electrons. The van der Waals surface area contributed by atoms with Gasteiger partial charge in [0.2, 0.25) is 5.28 Å². The van der Waals surface area contributed by atoms with E-state index in [1.807, 2.05) is 78.1 Å². The van der Waals surface area contributed by atoms with Crippen LogP contribution < -0.4 is 20.9 Å². The van der Waals surface area contributed by atoms with Gasteiger partial charge in [0.25, 0.3) is 0 Å². The molecule has 82 heavy (non-hydrogen) atoms. The average molecular weight is 1160 g/mol. The fraction of sp³-hybridized carbons (Fsp3) is 0.311. The zero-order valence-corrected chi connectivity index (χ0v) is 47.7. The Morgan fingerprint density at radius 3 is 1.44 bits per heavy atom. The van der Waals surface area contributed by atoms with Gasteiger partial charge in [0.1, 0.15) is 73.7 Å². The van der Waals surface area contributed by atoms with Crippen molar-refractivity contribution in [2.24, 2.45) is 11.7 Å². The van der Waals surface area contributed by atoms with E-state index >= 15 is 0 Å². The number of benzene rings is 2. The van der Waals surface area contributed by atoms with Gasteiger partial charge in [-0.1, -0.05) is 63.2 Å². The molecule has 1 saturated heterocycles. The average Bonchev–Trinajstić information content (AvgIpc) is 4.03. The fourth-order valence-electron chi connectivity index (χ4n) is 10.1. The summed E-state index contributed by atoms with van der Waals surface area (Å²) in [6.45, 7) is 6.24. The van der Waals surface area contributed by atoms with Gasteiger partial charge in [0.05, 0.1) is 11.4 Å². The molecule has 0 amide bonds. The normalized spacial score (nSPS) is 13.5. The van der Waals surface area contributed by atoms with Crippen molar-refractivity contribution in [1.29, 1.82) is 10.5 Å². The van der Waals surface area contributed by atoms with E-state index in [1.165, 1.54) is 91.9 Å². The van der Waals surface area contributed by atoms with Crippen LogP contribution in [0.2, 0.25) is 5.28 Å². The molecule has 0 spiro atoms. The molecule has 9 heterocycles. The third-order valence-electron chi connectivity index (χ3n) is 14.4. The Morgan fingerprint density at radius 1 is 0.610 bits per heavy atom. The van der Waals surface area contributed by atoms with Gasteiger partial charge in [-0.15, -0.1) is 0 Å². The lowest BCUT2D eigenvalue weighted by Crippen LogP contribution is -2.29. The summed E-state index contributed by atoms with van der Waals surface area (Å²) in [6, 6.07) is 25.0. The topological polar surface area (TPSA) is 204 Å². The van der Waals surface area contributed by atoms with Gasteiger partial charge >= 0.3 is 0 Å². The molecule has 0 bridgehead atoms. The zero-order chi connectivity index (χ0) is 56.6. The standard InChI is InChI=1S/C30H29FN8S.C24H17ClFN7S.C6H13N.CH4/c1-3-24-29(38(2)30-37-28(25(15-32)40-30)20-4-7-23(31)8-5-20)39-18-21(6-9-27(39)36-24)22-16-34-26(35-17-22)14-19-10-12-33-13-11-19;1-3-18-22(33-13-15(6-9-20(33)30-18)16-11-28-23(25)29-12-16)32(2)24-31-21(19(10-27)34-24)14-4-7-17(26)8-5-14;7-6-4-2-1-3-5-6;/h4-9,16-19,33H,3,10-14H2,1-2H3;4-9,11-13H,3H2,1-2H3;6H,1-5,7H2;1H4. The monoisotopic (exact) mass is 1160 g/mol. The smallest absolute Gasteiger partial charge is 0.222 e. The number of hydrogen-bond donors (Lipinski definition) is 2. The highest BCUT2D eigenvalue weighted by atomic mass is 35.5. The van der Waals surface area contributed by atoms with Gasteiger partial charge in [0, 0.05) is 97.1 Å². The van der Waals surface area contributed by atoms with E-state index in [0.29, 0.717) is 60.9 Å². The van der Waals surface area contributed by atoms with E-state index in [9.17, 15) is 19.3 Å². The van der Waals surface area contributed by atoms with Gasteiger partial charge in [-0.2, -0.15) is 10.5 Å². The molecule has 420 valence electrons. The highest BCUT2D eigenvalue weighted by Crippen LogP contribution is 2.39. The third-order valence-corrected chi connectivity index (χ3v) is 16.7. The molecule has 16 nitrogen and oxygen atoms in total. The number of nitrogens with two attached hydrogens (primary N) is 1. The SMILES string of the molecule is C.CCc1nc2ccc(-c3cnc(CC4CCNCC4)nc3)cn2c1N(C)c1nc(-c2ccc(F)cc2)c(C#N)s1.CCc1nc2ccc(-c3cnc(Cl)nc3)cn2c1N(C)c1nc(-c2ccc(F)cc2)c(C#N)s1.NC1CCCCC1. The maximum absolute atomic E-state index is 13.5. The molecule has 2 aromatic carbocycles. The summed E-state index contributed by atoms with van der Waals surface area (Å²) in [6.07, 6.45) is 22.5. The van der Waals surface area contributed by atoms with Gasteiger partial charge in [-0.25, -0.2) is 48.7 Å². The highest BCUT2D eigenvalue weighted by molar-refractivity contribution is 7.17. The van der Waals surface area contributed by atoms with Gasteiger partial charge < -0.3 is 20.9 Å². The summed E-state index contributed by atoms with van der Waals surface area (Å²) < 4.78 is 30.9. The minimum atomic E-state index is -0.338. The Bertz CT molecular complexity index is 3850. The van der Waals surface area contributed by atoms with Gasteiger partial charge in [-0.05, 0) is 142 Å². The molecule has 3 N–H and O–H groups in total. The van der Waals surface area contributed by atoms with Crippen molar-refractivity contribution in [2.75, 3.05) is 37.0 Å². The molecule has 1 aliphatic heterocycles. The highest BCUT2D eigenvalue weighted by Gasteiger charge is 2.25. The van der Waals surface area contributed by atoms with Crippen molar-refractivity contribution in [3.05, 3.63) is 154 Å². The Morgan fingerprint density at radius 2 is 1.04 bits per heavy atom. The minimum absolute atomic E-state index is 0. The number of fused-ring (bicyclic) bond motifs is 2. The number of nitrogens with zero attached hydrogens (tertiary/aromatic N) is 14. The van der Waals surface area contributed by atoms with Crippen molar-refractivity contribution in [2.45, 2.75) is 91.5 Å². The summed E-state index contributed by atoms with van der Waals surface area (Å²) in [5, 5.41) is 24.4. The molecular weight excluding hydrogens is 1090 g/mol. The zero-order valence-electron chi connectivity index (χ0n) is 45.3. The van der Waals surface area contributed by atoms with Crippen LogP contribution >= 0.6 is 34.3 Å². The molecule has 8 aromatic heterocycles. The lowest BCUT2D eigenvalue weighted by atomic mass is 9.94. The van der Waals surface area contributed by atoms with Crippen LogP contribution in [0, 0.1) is 40.2 Å². The number of nitriles is 2. The van der Waals surface area contributed by atoms with E-state index in [2.05, 4.69) is 54.9 Å².